The number of benzene rings is 1. The number of phenols is 1. The van der Waals surface area contributed by atoms with Crippen LogP contribution < -0.4 is 15.0 Å². The lowest BCUT2D eigenvalue weighted by Crippen LogP contribution is -2.57. The highest BCUT2D eigenvalue weighted by atomic mass is 19.1. The first kappa shape index (κ1) is 22.1. The summed E-state index contributed by atoms with van der Waals surface area (Å²) in [7, 11) is 1.35. The number of rotatable bonds is 6. The van der Waals surface area contributed by atoms with E-state index in [0.717, 1.165) is 32.1 Å². The van der Waals surface area contributed by atoms with Gasteiger partial charge in [0, 0.05) is 35.4 Å². The third-order valence-corrected chi connectivity index (χ3v) is 7.24. The van der Waals surface area contributed by atoms with Crippen molar-refractivity contribution in [1.82, 2.24) is 25.5 Å². The number of hydrogen-bond acceptors (Lipinski definition) is 8. The summed E-state index contributed by atoms with van der Waals surface area (Å²) in [6.07, 6.45) is 6.68. The lowest BCUT2D eigenvalue weighted by atomic mass is 9.96. The Morgan fingerprint density at radius 3 is 2.60 bits per heavy atom. The minimum atomic E-state index is -0.966. The van der Waals surface area contributed by atoms with E-state index >= 15 is 4.39 Å². The lowest BCUT2D eigenvalue weighted by Gasteiger charge is -2.40. The van der Waals surface area contributed by atoms with Crippen LogP contribution >= 0.6 is 0 Å². The Kier molecular flexibility index (Phi) is 5.47. The summed E-state index contributed by atoms with van der Waals surface area (Å²) in [5, 5.41) is 22.7. The lowest BCUT2D eigenvalue weighted by molar-refractivity contribution is 0.171. The molecule has 10 heteroatoms. The number of phenolic OH excluding ortho intramolecular Hbond substituents is 1. The summed E-state index contributed by atoms with van der Waals surface area (Å²) in [6.45, 7) is 0. The molecule has 1 aliphatic carbocycles. The van der Waals surface area contributed by atoms with Gasteiger partial charge in [0.25, 0.3) is 0 Å². The number of aromatic nitrogens is 4. The molecule has 182 valence electrons. The summed E-state index contributed by atoms with van der Waals surface area (Å²) >= 11 is 0. The Hall–Kier alpha value is -3.40. The first-order valence-electron chi connectivity index (χ1n) is 11.9. The van der Waals surface area contributed by atoms with Crippen molar-refractivity contribution < 1.29 is 18.6 Å². The average molecular weight is 481 g/mol. The maximum absolute atomic E-state index is 15.3. The summed E-state index contributed by atoms with van der Waals surface area (Å²) in [6, 6.07) is 6.47. The number of nitrogens with one attached hydrogen (secondary N) is 1. The van der Waals surface area contributed by atoms with Gasteiger partial charge in [-0.3, -0.25) is 0 Å². The average Bonchev–Trinajstić information content (AvgIpc) is 3.62. The molecule has 3 aliphatic rings. The van der Waals surface area contributed by atoms with Gasteiger partial charge in [-0.05, 0) is 55.9 Å². The van der Waals surface area contributed by atoms with Crippen molar-refractivity contribution in [3.63, 3.8) is 0 Å². The van der Waals surface area contributed by atoms with Crippen molar-refractivity contribution in [2.24, 2.45) is 0 Å². The van der Waals surface area contributed by atoms with Crippen molar-refractivity contribution in [3.05, 3.63) is 42.5 Å². The van der Waals surface area contributed by atoms with Gasteiger partial charge < -0.3 is 20.1 Å². The van der Waals surface area contributed by atoms with Crippen molar-refractivity contribution in [1.29, 1.82) is 0 Å². The molecule has 8 nitrogen and oxygen atoms in total. The van der Waals surface area contributed by atoms with Crippen LogP contribution in [0, 0.1) is 5.82 Å². The predicted octanol–water partition coefficient (Wildman–Crippen LogP) is 3.65. The fraction of sp³-hybridized carbons (Fsp3) is 0.440. The van der Waals surface area contributed by atoms with E-state index in [1.807, 2.05) is 4.90 Å². The molecular weight excluding hydrogens is 454 g/mol. The van der Waals surface area contributed by atoms with Crippen LogP contribution in [0.3, 0.4) is 0 Å². The van der Waals surface area contributed by atoms with Gasteiger partial charge in [-0.25, -0.2) is 18.7 Å². The minimum absolute atomic E-state index is 0.0413. The molecule has 6 rings (SSSR count). The molecule has 4 atom stereocenters. The highest BCUT2D eigenvalue weighted by Crippen LogP contribution is 2.40. The van der Waals surface area contributed by atoms with Gasteiger partial charge in [-0.1, -0.05) is 6.07 Å². The second-order valence-electron chi connectivity index (χ2n) is 9.52. The first-order valence-corrected chi connectivity index (χ1v) is 11.9. The van der Waals surface area contributed by atoms with Gasteiger partial charge >= 0.3 is 0 Å². The minimum Gasteiger partial charge on any atom is -0.507 e. The third-order valence-electron chi connectivity index (χ3n) is 7.24. The Morgan fingerprint density at radius 1 is 1.06 bits per heavy atom. The predicted molar refractivity (Wildman–Crippen MR) is 125 cm³/mol. The van der Waals surface area contributed by atoms with Crippen LogP contribution in [0.25, 0.3) is 22.4 Å². The van der Waals surface area contributed by atoms with Gasteiger partial charge in [0.05, 0.1) is 19.3 Å². The molecule has 35 heavy (non-hydrogen) atoms. The smallest absolute Gasteiger partial charge is 0.250 e. The molecule has 1 saturated carbocycles. The van der Waals surface area contributed by atoms with E-state index in [-0.39, 0.29) is 29.8 Å². The van der Waals surface area contributed by atoms with Crippen LogP contribution in [0.4, 0.5) is 14.7 Å². The number of piperidine rings is 1. The number of nitrogens with zero attached hydrogens (tertiary/aromatic N) is 5. The molecule has 0 amide bonds. The number of alkyl halides is 1. The van der Waals surface area contributed by atoms with E-state index in [1.165, 1.54) is 25.4 Å². The number of hydrogen-bond donors (Lipinski definition) is 2. The topological polar surface area (TPSA) is 96.3 Å². The van der Waals surface area contributed by atoms with Crippen LogP contribution in [0.2, 0.25) is 0 Å². The number of pyridine rings is 1. The summed E-state index contributed by atoms with van der Waals surface area (Å²) in [4.78, 5) is 10.5. The molecule has 0 radical (unpaired) electrons. The zero-order chi connectivity index (χ0) is 24.1. The molecule has 2 aromatic heterocycles. The molecule has 2 saturated heterocycles. The molecule has 2 aliphatic heterocycles. The van der Waals surface area contributed by atoms with Gasteiger partial charge in [0.1, 0.15) is 17.6 Å². The third kappa shape index (κ3) is 4.05. The van der Waals surface area contributed by atoms with Crippen LogP contribution in [-0.2, 0) is 0 Å². The maximum Gasteiger partial charge on any atom is 0.250 e. The van der Waals surface area contributed by atoms with E-state index in [4.69, 9.17) is 4.74 Å². The van der Waals surface area contributed by atoms with Crippen molar-refractivity contribution in [2.45, 2.75) is 62.4 Å². The van der Waals surface area contributed by atoms with Crippen molar-refractivity contribution in [3.8, 4) is 34.0 Å². The SMILES string of the molecule is COc1ncc(-c2ccc(-c3cnc(N(C4CC4)[C@@H]4C[C@@H]5CC[C@H](N5)[C@@H]4F)nn3)c(O)c2)cc1F. The van der Waals surface area contributed by atoms with E-state index in [0.29, 0.717) is 34.4 Å². The van der Waals surface area contributed by atoms with Crippen LogP contribution in [-0.4, -0.2) is 62.7 Å². The van der Waals surface area contributed by atoms with Gasteiger partial charge in [0.2, 0.25) is 11.8 Å². The molecule has 3 fully saturated rings. The monoisotopic (exact) mass is 480 g/mol. The standard InChI is InChI=1S/C25H26F2N6O2/c1-35-24-18(26)8-14(11-28-24)13-2-6-17(22(34)9-13)20-12-29-25(32-31-20)33(16-4-5-16)21-10-15-3-7-19(30-15)23(21)27/h2,6,8-9,11-12,15-16,19,21,23,30,34H,3-5,7,10H2,1H3/t15-,19-,21+,23-/m0/s1. The van der Waals surface area contributed by atoms with E-state index in [2.05, 4.69) is 25.5 Å². The van der Waals surface area contributed by atoms with Gasteiger partial charge in [-0.2, -0.15) is 0 Å². The number of methoxy groups -OCH3 is 1. The highest BCUT2D eigenvalue weighted by Gasteiger charge is 2.48. The second kappa shape index (κ2) is 8.67. The number of ether oxygens (including phenoxy) is 1. The number of anilines is 1. The van der Waals surface area contributed by atoms with Crippen LogP contribution in [0.1, 0.15) is 32.1 Å². The van der Waals surface area contributed by atoms with Crippen LogP contribution in [0.15, 0.2) is 36.7 Å². The van der Waals surface area contributed by atoms with Gasteiger partial charge in [-0.15, -0.1) is 10.2 Å². The molecule has 1 aromatic carbocycles. The fourth-order valence-electron chi connectivity index (χ4n) is 5.35. The number of halogens is 2. The Morgan fingerprint density at radius 2 is 1.91 bits per heavy atom. The Bertz CT molecular complexity index is 1240. The molecule has 0 unspecified atom stereocenters. The summed E-state index contributed by atoms with van der Waals surface area (Å²) in [5.74, 6) is -0.286. The zero-order valence-electron chi connectivity index (χ0n) is 19.2. The quantitative estimate of drug-likeness (QED) is 0.552. The van der Waals surface area contributed by atoms with Crippen LogP contribution in [0.5, 0.6) is 11.6 Å². The molecule has 2 bridgehead atoms. The largest absolute Gasteiger partial charge is 0.507 e. The zero-order valence-corrected chi connectivity index (χ0v) is 19.2. The Labute approximate surface area is 201 Å². The van der Waals surface area contributed by atoms with Gasteiger partial charge in [0.15, 0.2) is 5.82 Å². The molecule has 2 N–H and O–H groups in total. The van der Waals surface area contributed by atoms with E-state index in [1.54, 1.807) is 18.3 Å². The second-order valence-corrected chi connectivity index (χ2v) is 9.52. The number of aromatic hydroxyl groups is 1. The first-order chi connectivity index (χ1) is 17.0. The molecule has 3 aromatic rings. The van der Waals surface area contributed by atoms with Crippen molar-refractivity contribution in [2.75, 3.05) is 12.0 Å². The Balaban J connectivity index is 1.25. The van der Waals surface area contributed by atoms with Crippen molar-refractivity contribution >= 4 is 5.95 Å². The summed E-state index contributed by atoms with van der Waals surface area (Å²) in [5.41, 5.74) is 1.94. The fourth-order valence-corrected chi connectivity index (χ4v) is 5.35. The number of fused-ring (bicyclic) bond motifs is 2. The highest BCUT2D eigenvalue weighted by molar-refractivity contribution is 5.73. The normalized spacial score (nSPS) is 25.5. The molecular formula is C25H26F2N6O2. The molecule has 0 spiro atoms. The maximum atomic E-state index is 15.3. The summed E-state index contributed by atoms with van der Waals surface area (Å²) < 4.78 is 34.2. The molecule has 4 heterocycles. The van der Waals surface area contributed by atoms with E-state index < -0.39 is 12.0 Å². The van der Waals surface area contributed by atoms with E-state index in [9.17, 15) is 9.50 Å².